The second-order valence-corrected chi connectivity index (χ2v) is 4.95. The second-order valence-electron chi connectivity index (χ2n) is 4.95. The highest BCUT2D eigenvalue weighted by molar-refractivity contribution is 5.64. The Kier molecular flexibility index (Phi) is 4.20. The number of carbonyl (C=O) groups excluding carboxylic acids is 1. The van der Waals surface area contributed by atoms with Crippen LogP contribution < -0.4 is 14.9 Å². The van der Waals surface area contributed by atoms with Crippen molar-refractivity contribution in [1.82, 2.24) is 0 Å². The molecule has 1 aliphatic rings. The van der Waals surface area contributed by atoms with Crippen LogP contribution in [0.1, 0.15) is 12.0 Å². The van der Waals surface area contributed by atoms with Gasteiger partial charge in [0.25, 0.3) is 0 Å². The van der Waals surface area contributed by atoms with Gasteiger partial charge in [0.1, 0.15) is 0 Å². The lowest BCUT2D eigenvalue weighted by atomic mass is 10.2. The zero-order chi connectivity index (χ0) is 13.0. The first-order valence-corrected chi connectivity index (χ1v) is 6.50. The van der Waals surface area contributed by atoms with Gasteiger partial charge in [0.05, 0.1) is 32.7 Å². The minimum absolute atomic E-state index is 0.166. The van der Waals surface area contributed by atoms with Crippen molar-refractivity contribution in [3.8, 4) is 0 Å². The number of carbonyl (C=O) groups is 1. The minimum atomic E-state index is -0.941. The molecule has 0 aliphatic carbocycles. The van der Waals surface area contributed by atoms with Crippen molar-refractivity contribution in [3.05, 3.63) is 29.8 Å². The van der Waals surface area contributed by atoms with Crippen molar-refractivity contribution in [2.75, 3.05) is 37.6 Å². The van der Waals surface area contributed by atoms with E-state index >= 15 is 0 Å². The second kappa shape index (κ2) is 5.87. The monoisotopic (exact) mass is 248 g/mol. The third-order valence-corrected chi connectivity index (χ3v) is 3.52. The molecule has 0 spiro atoms. The van der Waals surface area contributed by atoms with Crippen LogP contribution in [-0.2, 0) is 4.79 Å². The molecule has 4 nitrogen and oxygen atoms in total. The fourth-order valence-corrected chi connectivity index (χ4v) is 2.43. The Labute approximate surface area is 108 Å². The molecule has 0 amide bonds. The maximum Gasteiger partial charge on any atom is 0.0949 e. The molecule has 1 heterocycles. The van der Waals surface area contributed by atoms with Gasteiger partial charge < -0.3 is 19.7 Å². The largest absolute Gasteiger partial charge is 0.550 e. The smallest absolute Gasteiger partial charge is 0.0949 e. The molecule has 0 unspecified atom stereocenters. The summed E-state index contributed by atoms with van der Waals surface area (Å²) >= 11 is 0. The number of hydrogen-bond donors (Lipinski definition) is 1. The Morgan fingerprint density at radius 3 is 2.72 bits per heavy atom. The van der Waals surface area contributed by atoms with Gasteiger partial charge in [-0.05, 0) is 24.6 Å². The normalized spacial score (nSPS) is 16.8. The van der Waals surface area contributed by atoms with E-state index in [1.807, 2.05) is 0 Å². The van der Waals surface area contributed by atoms with Crippen LogP contribution in [0, 0.1) is 6.92 Å². The molecule has 18 heavy (non-hydrogen) atoms. The summed E-state index contributed by atoms with van der Waals surface area (Å²) in [5, 5.41) is 10.4. The highest BCUT2D eigenvalue weighted by atomic mass is 16.4. The zero-order valence-electron chi connectivity index (χ0n) is 10.8. The molecule has 1 aromatic rings. The lowest BCUT2D eigenvalue weighted by Gasteiger charge is -2.33. The number of anilines is 1. The van der Waals surface area contributed by atoms with E-state index in [0.717, 1.165) is 26.2 Å². The maximum atomic E-state index is 10.4. The molecule has 0 aromatic heterocycles. The number of piperazine rings is 1. The maximum absolute atomic E-state index is 10.4. The average Bonchev–Trinajstić information content (AvgIpc) is 2.37. The standard InChI is InChI=1S/C14H20N2O2/c1-12-3-2-4-13(11-12)16-9-7-15(8-10-16)6-5-14(17)18/h2-4,11H,5-10H2,1H3,(H,17,18). The Morgan fingerprint density at radius 1 is 1.39 bits per heavy atom. The molecule has 1 N–H and O–H groups in total. The van der Waals surface area contributed by atoms with Gasteiger partial charge in [0, 0.05) is 18.1 Å². The van der Waals surface area contributed by atoms with E-state index in [9.17, 15) is 9.90 Å². The minimum Gasteiger partial charge on any atom is -0.550 e. The SMILES string of the molecule is Cc1cccc(N2CC[NH+](CCC(=O)[O-])CC2)c1. The quantitative estimate of drug-likeness (QED) is 0.731. The highest BCUT2D eigenvalue weighted by Gasteiger charge is 2.19. The number of quaternary nitrogens is 1. The summed E-state index contributed by atoms with van der Waals surface area (Å²) < 4.78 is 0. The number of aliphatic carboxylic acids is 1. The lowest BCUT2D eigenvalue weighted by Crippen LogP contribution is -3.15. The summed E-state index contributed by atoms with van der Waals surface area (Å²) in [4.78, 5) is 14.2. The van der Waals surface area contributed by atoms with E-state index in [4.69, 9.17) is 0 Å². The number of nitrogens with one attached hydrogen (secondary N) is 1. The van der Waals surface area contributed by atoms with Gasteiger partial charge in [0.2, 0.25) is 0 Å². The van der Waals surface area contributed by atoms with Crippen LogP contribution in [0.25, 0.3) is 0 Å². The fraction of sp³-hybridized carbons (Fsp3) is 0.500. The number of carboxylic acid groups (broad SMARTS) is 1. The number of carboxylic acids is 1. The Morgan fingerprint density at radius 2 is 2.11 bits per heavy atom. The first kappa shape index (κ1) is 12.9. The molecule has 0 radical (unpaired) electrons. The summed E-state index contributed by atoms with van der Waals surface area (Å²) in [6.07, 6.45) is 0.166. The molecule has 1 saturated heterocycles. The van der Waals surface area contributed by atoms with Gasteiger partial charge in [-0.2, -0.15) is 0 Å². The fourth-order valence-electron chi connectivity index (χ4n) is 2.43. The predicted octanol–water partition coefficient (Wildman–Crippen LogP) is -1.16. The third-order valence-electron chi connectivity index (χ3n) is 3.52. The van der Waals surface area contributed by atoms with E-state index in [1.54, 1.807) is 0 Å². The number of benzene rings is 1. The number of rotatable bonds is 4. The summed E-state index contributed by atoms with van der Waals surface area (Å²) in [7, 11) is 0. The predicted molar refractivity (Wildman–Crippen MR) is 68.6 cm³/mol. The van der Waals surface area contributed by atoms with Crippen molar-refractivity contribution in [3.63, 3.8) is 0 Å². The first-order chi connectivity index (χ1) is 8.65. The Bertz CT molecular complexity index is 412. The lowest BCUT2D eigenvalue weighted by molar-refractivity contribution is -0.900. The Hall–Kier alpha value is -1.55. The number of hydrogen-bond acceptors (Lipinski definition) is 3. The third kappa shape index (κ3) is 3.47. The molecule has 0 bridgehead atoms. The molecule has 2 rings (SSSR count). The van der Waals surface area contributed by atoms with Gasteiger partial charge in [0.15, 0.2) is 0 Å². The van der Waals surface area contributed by atoms with Crippen LogP contribution in [0.4, 0.5) is 5.69 Å². The van der Waals surface area contributed by atoms with Crippen molar-refractivity contribution >= 4 is 11.7 Å². The van der Waals surface area contributed by atoms with Crippen LogP contribution in [0.15, 0.2) is 24.3 Å². The molecule has 0 saturated carbocycles. The van der Waals surface area contributed by atoms with Crippen LogP contribution >= 0.6 is 0 Å². The molecule has 1 aromatic carbocycles. The van der Waals surface area contributed by atoms with Crippen molar-refractivity contribution in [1.29, 1.82) is 0 Å². The number of nitrogens with zero attached hydrogens (tertiary/aromatic N) is 1. The zero-order valence-corrected chi connectivity index (χ0v) is 10.8. The van der Waals surface area contributed by atoms with E-state index < -0.39 is 5.97 Å². The van der Waals surface area contributed by atoms with Crippen molar-refractivity contribution in [2.24, 2.45) is 0 Å². The van der Waals surface area contributed by atoms with Gasteiger partial charge in [-0.1, -0.05) is 12.1 Å². The molecule has 4 heteroatoms. The van der Waals surface area contributed by atoms with Crippen molar-refractivity contribution < 1.29 is 14.8 Å². The first-order valence-electron chi connectivity index (χ1n) is 6.50. The van der Waals surface area contributed by atoms with E-state index in [-0.39, 0.29) is 6.42 Å². The number of aryl methyl sites for hydroxylation is 1. The molecule has 98 valence electrons. The summed E-state index contributed by atoms with van der Waals surface area (Å²) in [6, 6.07) is 8.52. The summed E-state index contributed by atoms with van der Waals surface area (Å²) in [6.45, 7) is 6.77. The highest BCUT2D eigenvalue weighted by Crippen LogP contribution is 2.15. The van der Waals surface area contributed by atoms with E-state index in [1.165, 1.54) is 16.2 Å². The molecular formula is C14H20N2O2. The van der Waals surface area contributed by atoms with Crippen molar-refractivity contribution in [2.45, 2.75) is 13.3 Å². The molecular weight excluding hydrogens is 228 g/mol. The van der Waals surface area contributed by atoms with Gasteiger partial charge >= 0.3 is 0 Å². The van der Waals surface area contributed by atoms with Crippen LogP contribution in [0.3, 0.4) is 0 Å². The van der Waals surface area contributed by atoms with Crippen LogP contribution in [-0.4, -0.2) is 38.7 Å². The van der Waals surface area contributed by atoms with E-state index in [2.05, 4.69) is 36.1 Å². The van der Waals surface area contributed by atoms with Crippen LogP contribution in [0.5, 0.6) is 0 Å². The summed E-state index contributed by atoms with van der Waals surface area (Å²) in [5.74, 6) is -0.941. The average molecular weight is 248 g/mol. The summed E-state index contributed by atoms with van der Waals surface area (Å²) in [5.41, 5.74) is 2.55. The van der Waals surface area contributed by atoms with E-state index in [0.29, 0.717) is 6.54 Å². The molecule has 1 fully saturated rings. The Balaban J connectivity index is 1.85. The van der Waals surface area contributed by atoms with Gasteiger partial charge in [-0.3, -0.25) is 0 Å². The van der Waals surface area contributed by atoms with Crippen LogP contribution in [0.2, 0.25) is 0 Å². The molecule has 0 atom stereocenters. The topological polar surface area (TPSA) is 47.8 Å². The molecule has 1 aliphatic heterocycles. The van der Waals surface area contributed by atoms with Gasteiger partial charge in [-0.25, -0.2) is 0 Å². The van der Waals surface area contributed by atoms with Gasteiger partial charge in [-0.15, -0.1) is 0 Å².